The number of nitrogens with one attached hydrogen (secondary N) is 2. The Kier molecular flexibility index (Phi) is 6.33. The lowest BCUT2D eigenvalue weighted by atomic mass is 10.1. The van der Waals surface area contributed by atoms with Gasteiger partial charge in [0.25, 0.3) is 5.91 Å². The highest BCUT2D eigenvalue weighted by atomic mass is 35.5. The van der Waals surface area contributed by atoms with E-state index in [2.05, 4.69) is 10.3 Å². The molecule has 2 N–H and O–H groups in total. The summed E-state index contributed by atoms with van der Waals surface area (Å²) in [5, 5.41) is 1.53. The van der Waals surface area contributed by atoms with Crippen molar-refractivity contribution < 1.29 is 36.0 Å². The van der Waals surface area contributed by atoms with Gasteiger partial charge in [-0.25, -0.2) is 23.6 Å². The number of alkyl halides is 3. The van der Waals surface area contributed by atoms with Crippen molar-refractivity contribution in [3.8, 4) is 0 Å². The quantitative estimate of drug-likeness (QED) is 0.380. The van der Waals surface area contributed by atoms with E-state index in [1.165, 1.54) is 0 Å². The lowest BCUT2D eigenvalue weighted by molar-refractivity contribution is -0.137. The number of aromatic nitrogens is 1. The number of hydrogen-bond acceptors (Lipinski definition) is 4. The first-order valence-electron chi connectivity index (χ1n) is 7.86. The largest absolute Gasteiger partial charge is 0.417 e. The van der Waals surface area contributed by atoms with E-state index < -0.39 is 62.8 Å². The van der Waals surface area contributed by atoms with Crippen LogP contribution in [0.3, 0.4) is 0 Å². The average Bonchev–Trinajstić information content (AvgIpc) is 2.59. The molecule has 0 saturated heterocycles. The van der Waals surface area contributed by atoms with E-state index >= 15 is 0 Å². The van der Waals surface area contributed by atoms with Crippen LogP contribution in [0.5, 0.6) is 0 Å². The molecule has 0 unspecified atom stereocenters. The molecule has 29 heavy (non-hydrogen) atoms. The molecule has 2 rings (SSSR count). The summed E-state index contributed by atoms with van der Waals surface area (Å²) in [5.74, 6) is -7.05. The van der Waals surface area contributed by atoms with Crippen molar-refractivity contribution in [3.05, 3.63) is 51.9 Å². The Morgan fingerprint density at radius 2 is 1.72 bits per heavy atom. The van der Waals surface area contributed by atoms with Crippen molar-refractivity contribution >= 4 is 29.0 Å². The van der Waals surface area contributed by atoms with Crippen LogP contribution in [0.2, 0.25) is 5.02 Å². The first-order chi connectivity index (χ1) is 13.2. The fourth-order valence-electron chi connectivity index (χ4n) is 1.95. The molecule has 1 aromatic carbocycles. The molecule has 2 aromatic rings. The number of amides is 1. The second kappa shape index (κ2) is 8.07. The number of halogens is 7. The van der Waals surface area contributed by atoms with Gasteiger partial charge in [-0.3, -0.25) is 9.63 Å². The van der Waals surface area contributed by atoms with Crippen molar-refractivity contribution in [1.29, 1.82) is 0 Å². The minimum Gasteiger partial charge on any atom is -0.336 e. The van der Waals surface area contributed by atoms with Gasteiger partial charge >= 0.3 is 6.18 Å². The van der Waals surface area contributed by atoms with Gasteiger partial charge in [-0.2, -0.15) is 13.2 Å². The van der Waals surface area contributed by atoms with E-state index in [0.29, 0.717) is 18.3 Å². The van der Waals surface area contributed by atoms with Gasteiger partial charge in [0.05, 0.1) is 27.4 Å². The van der Waals surface area contributed by atoms with Gasteiger partial charge in [-0.15, -0.1) is 0 Å². The Labute approximate surface area is 166 Å². The Bertz CT molecular complexity index is 944. The Morgan fingerprint density at radius 3 is 2.24 bits per heavy atom. The minimum atomic E-state index is -4.74. The van der Waals surface area contributed by atoms with Gasteiger partial charge in [0.1, 0.15) is 5.82 Å². The van der Waals surface area contributed by atoms with Gasteiger partial charge in [-0.1, -0.05) is 11.6 Å². The third-order valence-corrected chi connectivity index (χ3v) is 3.56. The second-order valence-electron chi connectivity index (χ2n) is 6.73. The van der Waals surface area contributed by atoms with Crippen LogP contribution in [0.15, 0.2) is 18.3 Å². The number of pyridine rings is 1. The van der Waals surface area contributed by atoms with Gasteiger partial charge in [0.15, 0.2) is 17.5 Å². The molecule has 158 valence electrons. The monoisotopic (exact) mass is 441 g/mol. The number of anilines is 2. The third-order valence-electron chi connectivity index (χ3n) is 3.27. The number of benzene rings is 1. The summed E-state index contributed by atoms with van der Waals surface area (Å²) in [6.45, 7) is 4.72. The van der Waals surface area contributed by atoms with E-state index in [4.69, 9.17) is 16.4 Å². The van der Waals surface area contributed by atoms with Crippen LogP contribution in [-0.2, 0) is 11.0 Å². The molecule has 1 amide bonds. The zero-order chi connectivity index (χ0) is 22.1. The number of nitrogens with zero attached hydrogens (tertiary/aromatic N) is 1. The Hall–Kier alpha value is -2.53. The van der Waals surface area contributed by atoms with Crippen LogP contribution < -0.4 is 10.8 Å². The molecule has 0 aliphatic rings. The SMILES string of the molecule is CC(C)(C)ONC(=O)c1cc(F)c(F)c(F)c1Nc1ncc(C(F)(F)F)cc1Cl. The highest BCUT2D eigenvalue weighted by Gasteiger charge is 2.32. The molecule has 1 heterocycles. The highest BCUT2D eigenvalue weighted by Crippen LogP contribution is 2.35. The first-order valence-corrected chi connectivity index (χ1v) is 8.24. The lowest BCUT2D eigenvalue weighted by Crippen LogP contribution is -2.34. The predicted molar refractivity (Wildman–Crippen MR) is 92.2 cm³/mol. The molecule has 1 aromatic heterocycles. The lowest BCUT2D eigenvalue weighted by Gasteiger charge is -2.20. The zero-order valence-corrected chi connectivity index (χ0v) is 15.9. The van der Waals surface area contributed by atoms with Gasteiger partial charge in [-0.05, 0) is 32.9 Å². The molecule has 0 radical (unpaired) electrons. The van der Waals surface area contributed by atoms with Crippen LogP contribution >= 0.6 is 11.6 Å². The molecular weight excluding hydrogens is 428 g/mol. The summed E-state index contributed by atoms with van der Waals surface area (Å²) in [5.41, 5.74) is -1.73. The van der Waals surface area contributed by atoms with E-state index in [1.54, 1.807) is 20.8 Å². The summed E-state index contributed by atoms with van der Waals surface area (Å²) in [6, 6.07) is 0.886. The van der Waals surface area contributed by atoms with Crippen LogP contribution in [0, 0.1) is 17.5 Å². The summed E-state index contributed by atoms with van der Waals surface area (Å²) in [7, 11) is 0. The van der Waals surface area contributed by atoms with Crippen LogP contribution in [0.1, 0.15) is 36.7 Å². The second-order valence-corrected chi connectivity index (χ2v) is 7.14. The number of carbonyl (C=O) groups is 1. The van der Waals surface area contributed by atoms with Crippen molar-refractivity contribution in [3.63, 3.8) is 0 Å². The van der Waals surface area contributed by atoms with E-state index in [1.807, 2.05) is 5.48 Å². The fourth-order valence-corrected chi connectivity index (χ4v) is 2.17. The van der Waals surface area contributed by atoms with Crippen molar-refractivity contribution in [2.45, 2.75) is 32.5 Å². The molecule has 5 nitrogen and oxygen atoms in total. The molecule has 0 atom stereocenters. The maximum absolute atomic E-state index is 14.3. The summed E-state index contributed by atoms with van der Waals surface area (Å²) < 4.78 is 79.7. The van der Waals surface area contributed by atoms with Crippen molar-refractivity contribution in [2.75, 3.05) is 5.32 Å². The fraction of sp³-hybridized carbons (Fsp3) is 0.294. The van der Waals surface area contributed by atoms with Gasteiger partial charge in [0.2, 0.25) is 0 Å². The Balaban J connectivity index is 2.47. The number of hydrogen-bond donors (Lipinski definition) is 2. The first kappa shape index (κ1) is 22.8. The smallest absolute Gasteiger partial charge is 0.336 e. The molecule has 0 aliphatic carbocycles. The topological polar surface area (TPSA) is 63.2 Å². The molecule has 0 bridgehead atoms. The summed E-state index contributed by atoms with van der Waals surface area (Å²) >= 11 is 5.72. The maximum Gasteiger partial charge on any atom is 0.417 e. The molecule has 0 aliphatic heterocycles. The number of rotatable bonds is 4. The number of hydroxylamine groups is 1. The van der Waals surface area contributed by atoms with E-state index in [0.717, 1.165) is 0 Å². The third kappa shape index (κ3) is 5.51. The summed E-state index contributed by atoms with van der Waals surface area (Å²) in [6.07, 6.45) is -4.34. The molecule has 12 heteroatoms. The maximum atomic E-state index is 14.3. The average molecular weight is 442 g/mol. The minimum absolute atomic E-state index is 0.389. The van der Waals surface area contributed by atoms with Gasteiger partial charge in [0, 0.05) is 6.20 Å². The van der Waals surface area contributed by atoms with E-state index in [-0.39, 0.29) is 0 Å². The molecule has 0 spiro atoms. The Morgan fingerprint density at radius 1 is 1.10 bits per heavy atom. The zero-order valence-electron chi connectivity index (χ0n) is 15.1. The normalized spacial score (nSPS) is 12.1. The number of carbonyl (C=O) groups excluding carboxylic acids is 1. The molecule has 0 fully saturated rings. The molecule has 0 saturated carbocycles. The van der Waals surface area contributed by atoms with Crippen LogP contribution in [0.25, 0.3) is 0 Å². The van der Waals surface area contributed by atoms with Gasteiger partial charge < -0.3 is 5.32 Å². The standard InChI is InChI=1S/C17H14ClF6N3O2/c1-16(2,3)29-27-15(28)8-5-10(19)11(20)12(21)13(8)26-14-9(18)4-7(6-25-14)17(22,23)24/h4-6H,1-3H3,(H,25,26)(H,27,28). The van der Waals surface area contributed by atoms with Crippen molar-refractivity contribution in [1.82, 2.24) is 10.5 Å². The van der Waals surface area contributed by atoms with E-state index in [9.17, 15) is 31.1 Å². The highest BCUT2D eigenvalue weighted by molar-refractivity contribution is 6.33. The summed E-state index contributed by atoms with van der Waals surface area (Å²) in [4.78, 5) is 20.7. The predicted octanol–water partition coefficient (Wildman–Crippen LogP) is 5.37. The molecular formula is C17H14ClF6N3O2. The van der Waals surface area contributed by atoms with Crippen molar-refractivity contribution in [2.24, 2.45) is 0 Å². The van der Waals surface area contributed by atoms with Crippen LogP contribution in [-0.4, -0.2) is 16.5 Å². The van der Waals surface area contributed by atoms with Crippen LogP contribution in [0.4, 0.5) is 37.8 Å².